The molecular weight excluding hydrogens is 302 g/mol. The molecular formula is C18H21N5O. The summed E-state index contributed by atoms with van der Waals surface area (Å²) in [4.78, 5) is 0. The van der Waals surface area contributed by atoms with Crippen molar-refractivity contribution in [1.82, 2.24) is 24.8 Å². The Morgan fingerprint density at radius 2 is 1.83 bits per heavy atom. The predicted octanol–water partition coefficient (Wildman–Crippen LogP) is 2.47. The average molecular weight is 323 g/mol. The highest BCUT2D eigenvalue weighted by Crippen LogP contribution is 2.24. The van der Waals surface area contributed by atoms with E-state index in [0.29, 0.717) is 12.5 Å². The minimum absolute atomic E-state index is 0.475. The third kappa shape index (κ3) is 3.54. The molecule has 24 heavy (non-hydrogen) atoms. The number of hydrogen-bond acceptors (Lipinski definition) is 4. The highest BCUT2D eigenvalue weighted by atomic mass is 16.5. The van der Waals surface area contributed by atoms with Gasteiger partial charge in [-0.2, -0.15) is 5.10 Å². The molecule has 3 aromatic rings. The van der Waals surface area contributed by atoms with Crippen LogP contribution in [0, 0.1) is 0 Å². The minimum atomic E-state index is 0.475. The molecule has 0 aliphatic carbocycles. The Hall–Kier alpha value is -2.47. The maximum atomic E-state index is 5.41. The first-order valence-electron chi connectivity index (χ1n) is 8.41. The predicted molar refractivity (Wildman–Crippen MR) is 89.7 cm³/mol. The van der Waals surface area contributed by atoms with E-state index in [1.54, 1.807) is 0 Å². The fourth-order valence-corrected chi connectivity index (χ4v) is 3.08. The van der Waals surface area contributed by atoms with E-state index in [4.69, 9.17) is 4.74 Å². The second-order valence-corrected chi connectivity index (χ2v) is 6.22. The van der Waals surface area contributed by atoms with Gasteiger partial charge in [0.05, 0.1) is 24.5 Å². The van der Waals surface area contributed by atoms with Gasteiger partial charge < -0.3 is 4.74 Å². The summed E-state index contributed by atoms with van der Waals surface area (Å²) in [6, 6.07) is 12.4. The highest BCUT2D eigenvalue weighted by molar-refractivity contribution is 5.15. The fourth-order valence-electron chi connectivity index (χ4n) is 3.08. The van der Waals surface area contributed by atoms with Crippen molar-refractivity contribution in [2.75, 3.05) is 13.2 Å². The summed E-state index contributed by atoms with van der Waals surface area (Å²) < 4.78 is 9.24. The fraction of sp³-hybridized carbons (Fsp3) is 0.389. The van der Waals surface area contributed by atoms with Crippen molar-refractivity contribution >= 4 is 0 Å². The summed E-state index contributed by atoms with van der Waals surface area (Å²) in [5.74, 6) is 0.475. The van der Waals surface area contributed by atoms with Gasteiger partial charge in [0.25, 0.3) is 0 Å². The third-order valence-corrected chi connectivity index (χ3v) is 4.40. The van der Waals surface area contributed by atoms with E-state index in [1.807, 2.05) is 46.0 Å². The first-order valence-corrected chi connectivity index (χ1v) is 8.41. The van der Waals surface area contributed by atoms with Crippen LogP contribution in [0.3, 0.4) is 0 Å². The Bertz CT molecular complexity index is 774. The summed E-state index contributed by atoms with van der Waals surface area (Å²) in [7, 11) is 0. The van der Waals surface area contributed by atoms with Gasteiger partial charge in [0.2, 0.25) is 0 Å². The van der Waals surface area contributed by atoms with Crippen LogP contribution in [0.2, 0.25) is 0 Å². The number of hydrogen-bond donors (Lipinski definition) is 0. The molecule has 1 aliphatic rings. The molecule has 0 radical (unpaired) electrons. The monoisotopic (exact) mass is 323 g/mol. The molecule has 1 aliphatic heterocycles. The normalized spacial score (nSPS) is 15.7. The van der Waals surface area contributed by atoms with Gasteiger partial charge in [-0.25, -0.2) is 4.68 Å². The molecule has 0 unspecified atom stereocenters. The number of rotatable bonds is 5. The molecule has 3 heterocycles. The molecule has 0 spiro atoms. The summed E-state index contributed by atoms with van der Waals surface area (Å²) in [6.07, 6.45) is 6.12. The van der Waals surface area contributed by atoms with Crippen LogP contribution in [0.15, 0.2) is 48.8 Å². The van der Waals surface area contributed by atoms with Crippen molar-refractivity contribution < 1.29 is 4.74 Å². The van der Waals surface area contributed by atoms with Crippen LogP contribution >= 0.6 is 0 Å². The largest absolute Gasteiger partial charge is 0.381 e. The first kappa shape index (κ1) is 15.1. The number of benzene rings is 1. The Kier molecular flexibility index (Phi) is 4.38. The Balaban J connectivity index is 1.40. The molecule has 0 bridgehead atoms. The van der Waals surface area contributed by atoms with Gasteiger partial charge in [0, 0.05) is 31.5 Å². The molecule has 0 atom stereocenters. The SMILES string of the molecule is c1ccc(Cn2ccc(Cn3cc(C4CCOCC4)nn3)n2)cc1. The summed E-state index contributed by atoms with van der Waals surface area (Å²) >= 11 is 0. The van der Waals surface area contributed by atoms with Crippen LogP contribution in [-0.2, 0) is 17.8 Å². The Labute approximate surface area is 141 Å². The van der Waals surface area contributed by atoms with Crippen LogP contribution < -0.4 is 0 Å². The van der Waals surface area contributed by atoms with E-state index in [1.165, 1.54) is 5.56 Å². The van der Waals surface area contributed by atoms with E-state index in [2.05, 4.69) is 27.5 Å². The summed E-state index contributed by atoms with van der Waals surface area (Å²) in [5, 5.41) is 13.2. The molecule has 1 saturated heterocycles. The highest BCUT2D eigenvalue weighted by Gasteiger charge is 2.19. The molecule has 0 amide bonds. The van der Waals surface area contributed by atoms with Gasteiger partial charge in [0.15, 0.2) is 0 Å². The number of ether oxygens (including phenoxy) is 1. The van der Waals surface area contributed by atoms with E-state index in [-0.39, 0.29) is 0 Å². The van der Waals surface area contributed by atoms with E-state index < -0.39 is 0 Å². The number of aromatic nitrogens is 5. The maximum Gasteiger partial charge on any atom is 0.0867 e. The van der Waals surface area contributed by atoms with Gasteiger partial charge in [0.1, 0.15) is 0 Å². The van der Waals surface area contributed by atoms with Crippen molar-refractivity contribution in [3.8, 4) is 0 Å². The molecule has 1 fully saturated rings. The number of nitrogens with zero attached hydrogens (tertiary/aromatic N) is 5. The zero-order chi connectivity index (χ0) is 16.2. The van der Waals surface area contributed by atoms with Crippen molar-refractivity contribution in [2.45, 2.75) is 31.8 Å². The quantitative estimate of drug-likeness (QED) is 0.724. The summed E-state index contributed by atoms with van der Waals surface area (Å²) in [5.41, 5.74) is 3.31. The average Bonchev–Trinajstić information content (AvgIpc) is 3.27. The smallest absolute Gasteiger partial charge is 0.0867 e. The Morgan fingerprint density at radius 3 is 2.67 bits per heavy atom. The third-order valence-electron chi connectivity index (χ3n) is 4.40. The lowest BCUT2D eigenvalue weighted by atomic mass is 9.97. The van der Waals surface area contributed by atoms with Gasteiger partial charge in [-0.1, -0.05) is 35.5 Å². The van der Waals surface area contributed by atoms with Crippen molar-refractivity contribution in [1.29, 1.82) is 0 Å². The second-order valence-electron chi connectivity index (χ2n) is 6.22. The topological polar surface area (TPSA) is 57.8 Å². The van der Waals surface area contributed by atoms with E-state index in [9.17, 15) is 0 Å². The molecule has 1 aromatic carbocycles. The zero-order valence-corrected chi connectivity index (χ0v) is 13.6. The molecule has 6 heteroatoms. The maximum absolute atomic E-state index is 5.41. The standard InChI is InChI=1S/C18H21N5O/c1-2-4-15(5-3-1)12-22-9-6-17(20-22)13-23-14-18(19-21-23)16-7-10-24-11-8-16/h1-6,9,14,16H,7-8,10-13H2. The van der Waals surface area contributed by atoms with Gasteiger partial charge in [-0.3, -0.25) is 4.68 Å². The second kappa shape index (κ2) is 6.97. The van der Waals surface area contributed by atoms with Crippen LogP contribution in [0.1, 0.15) is 35.7 Å². The van der Waals surface area contributed by atoms with E-state index in [0.717, 1.165) is 44.0 Å². The molecule has 4 rings (SSSR count). The van der Waals surface area contributed by atoms with Gasteiger partial charge in [-0.05, 0) is 24.5 Å². The lowest BCUT2D eigenvalue weighted by molar-refractivity contribution is 0.0845. The molecule has 2 aromatic heterocycles. The molecule has 0 N–H and O–H groups in total. The van der Waals surface area contributed by atoms with E-state index >= 15 is 0 Å². The molecule has 0 saturated carbocycles. The van der Waals surface area contributed by atoms with Crippen molar-refractivity contribution in [2.24, 2.45) is 0 Å². The lowest BCUT2D eigenvalue weighted by Gasteiger charge is -2.19. The van der Waals surface area contributed by atoms with Crippen LogP contribution in [0.4, 0.5) is 0 Å². The van der Waals surface area contributed by atoms with Gasteiger partial charge >= 0.3 is 0 Å². The summed E-state index contributed by atoms with van der Waals surface area (Å²) in [6.45, 7) is 3.08. The van der Waals surface area contributed by atoms with Crippen LogP contribution in [-0.4, -0.2) is 38.0 Å². The zero-order valence-electron chi connectivity index (χ0n) is 13.6. The first-order chi connectivity index (χ1) is 11.9. The lowest BCUT2D eigenvalue weighted by Crippen LogP contribution is -2.14. The minimum Gasteiger partial charge on any atom is -0.381 e. The van der Waals surface area contributed by atoms with Crippen LogP contribution in [0.25, 0.3) is 0 Å². The van der Waals surface area contributed by atoms with Crippen LogP contribution in [0.5, 0.6) is 0 Å². The Morgan fingerprint density at radius 1 is 1.00 bits per heavy atom. The van der Waals surface area contributed by atoms with Crippen molar-refractivity contribution in [3.05, 3.63) is 65.7 Å². The van der Waals surface area contributed by atoms with Crippen molar-refractivity contribution in [3.63, 3.8) is 0 Å². The molecule has 6 nitrogen and oxygen atoms in total. The van der Waals surface area contributed by atoms with Gasteiger partial charge in [-0.15, -0.1) is 5.10 Å². The molecule has 124 valence electrons.